The van der Waals surface area contributed by atoms with Crippen molar-refractivity contribution < 1.29 is 9.84 Å². The van der Waals surface area contributed by atoms with Crippen molar-refractivity contribution in [1.82, 2.24) is 4.90 Å². The Kier molecular flexibility index (Phi) is 4.79. The molecule has 4 heteroatoms. The van der Waals surface area contributed by atoms with E-state index in [9.17, 15) is 0 Å². The molecule has 1 saturated heterocycles. The third kappa shape index (κ3) is 3.56. The fourth-order valence-corrected chi connectivity index (χ4v) is 3.20. The van der Waals surface area contributed by atoms with Crippen molar-refractivity contribution in [3.63, 3.8) is 0 Å². The van der Waals surface area contributed by atoms with Gasteiger partial charge in [-0.3, -0.25) is 4.90 Å². The molecule has 2 unspecified atom stereocenters. The molecule has 1 aliphatic heterocycles. The molecule has 0 aliphatic carbocycles. The maximum atomic E-state index is 8.75. The molecule has 2 rings (SSSR count). The molecule has 0 saturated carbocycles. The summed E-state index contributed by atoms with van der Waals surface area (Å²) in [5.74, 6) is 5.72. The first-order valence-electron chi connectivity index (χ1n) is 6.23. The minimum absolute atomic E-state index is 0.0824. The summed E-state index contributed by atoms with van der Waals surface area (Å²) in [5.41, 5.74) is 1.04. The highest BCUT2D eigenvalue weighted by Crippen LogP contribution is 2.20. The number of aliphatic hydroxyl groups excluding tert-OH is 1. The Hall–Kier alpha value is -0.860. The van der Waals surface area contributed by atoms with Gasteiger partial charge in [-0.1, -0.05) is 11.8 Å². The predicted octanol–water partition coefficient (Wildman–Crippen LogP) is 1.70. The zero-order valence-corrected chi connectivity index (χ0v) is 11.7. The molecular weight excluding hydrogens is 246 g/mol. The van der Waals surface area contributed by atoms with E-state index in [-0.39, 0.29) is 6.61 Å². The van der Waals surface area contributed by atoms with Crippen molar-refractivity contribution in [3.8, 4) is 11.8 Å². The first kappa shape index (κ1) is 13.6. The molecule has 1 aromatic rings. The van der Waals surface area contributed by atoms with Gasteiger partial charge in [-0.05, 0) is 25.3 Å². The molecule has 2 atom stereocenters. The van der Waals surface area contributed by atoms with Crippen molar-refractivity contribution in [1.29, 1.82) is 0 Å². The maximum Gasteiger partial charge on any atom is 0.104 e. The molecule has 1 N–H and O–H groups in total. The largest absolute Gasteiger partial charge is 0.384 e. The molecule has 18 heavy (non-hydrogen) atoms. The highest BCUT2D eigenvalue weighted by molar-refractivity contribution is 7.10. The number of rotatable bonds is 2. The number of ether oxygens (including phenoxy) is 1. The van der Waals surface area contributed by atoms with Gasteiger partial charge in [-0.2, -0.15) is 0 Å². The Balaban J connectivity index is 2.02. The van der Waals surface area contributed by atoms with E-state index in [4.69, 9.17) is 9.84 Å². The van der Waals surface area contributed by atoms with Gasteiger partial charge in [-0.25, -0.2) is 0 Å². The average Bonchev–Trinajstić information content (AvgIpc) is 2.72. The quantitative estimate of drug-likeness (QED) is 0.826. The Labute approximate surface area is 112 Å². The van der Waals surface area contributed by atoms with Crippen LogP contribution in [0, 0.1) is 11.8 Å². The van der Waals surface area contributed by atoms with Crippen LogP contribution in [-0.2, 0) is 11.3 Å². The van der Waals surface area contributed by atoms with Crippen LogP contribution >= 0.6 is 11.3 Å². The van der Waals surface area contributed by atoms with E-state index in [2.05, 4.69) is 36.0 Å². The van der Waals surface area contributed by atoms with Gasteiger partial charge in [0.15, 0.2) is 0 Å². The van der Waals surface area contributed by atoms with Gasteiger partial charge in [0.2, 0.25) is 0 Å². The van der Waals surface area contributed by atoms with Crippen LogP contribution in [0.15, 0.2) is 11.4 Å². The van der Waals surface area contributed by atoms with Gasteiger partial charge in [0.05, 0.1) is 12.2 Å². The summed E-state index contributed by atoms with van der Waals surface area (Å²) >= 11 is 1.73. The van der Waals surface area contributed by atoms with E-state index in [1.54, 1.807) is 11.3 Å². The van der Waals surface area contributed by atoms with Crippen LogP contribution in [-0.4, -0.2) is 41.9 Å². The summed E-state index contributed by atoms with van der Waals surface area (Å²) in [4.78, 5) is 3.69. The van der Waals surface area contributed by atoms with Crippen LogP contribution in [0.1, 0.15) is 24.3 Å². The molecule has 2 heterocycles. The molecule has 1 aromatic heterocycles. The van der Waals surface area contributed by atoms with Gasteiger partial charge in [0.25, 0.3) is 0 Å². The van der Waals surface area contributed by atoms with Crippen LogP contribution in [0.5, 0.6) is 0 Å². The number of nitrogens with zero attached hydrogens (tertiary/aromatic N) is 1. The Morgan fingerprint density at radius 3 is 2.83 bits per heavy atom. The smallest absolute Gasteiger partial charge is 0.104 e. The topological polar surface area (TPSA) is 32.7 Å². The van der Waals surface area contributed by atoms with Crippen LogP contribution in [0.3, 0.4) is 0 Å². The monoisotopic (exact) mass is 265 g/mol. The van der Waals surface area contributed by atoms with Crippen LogP contribution in [0.2, 0.25) is 0 Å². The number of morpholine rings is 1. The summed E-state index contributed by atoms with van der Waals surface area (Å²) in [7, 11) is 0. The van der Waals surface area contributed by atoms with Crippen molar-refractivity contribution >= 4 is 11.3 Å². The maximum absolute atomic E-state index is 8.75. The molecule has 1 aliphatic rings. The standard InChI is InChI=1S/C14H19NO2S/c1-11-8-15(9-12(2)17-11)10-14-13(4-3-6-16)5-7-18-14/h5,7,11-12,16H,6,8-10H2,1-2H3. The first-order valence-corrected chi connectivity index (χ1v) is 7.11. The van der Waals surface area contributed by atoms with Crippen LogP contribution < -0.4 is 0 Å². The molecule has 3 nitrogen and oxygen atoms in total. The third-order valence-corrected chi connectivity index (χ3v) is 3.82. The van der Waals surface area contributed by atoms with Crippen LogP contribution in [0.4, 0.5) is 0 Å². The highest BCUT2D eigenvalue weighted by atomic mass is 32.1. The first-order chi connectivity index (χ1) is 8.69. The Bertz CT molecular complexity index is 436. The van der Waals surface area contributed by atoms with Gasteiger partial charge in [0, 0.05) is 30.1 Å². The highest BCUT2D eigenvalue weighted by Gasteiger charge is 2.22. The SMILES string of the molecule is CC1CN(Cc2sccc2C#CCO)CC(C)O1. The van der Waals surface area contributed by atoms with E-state index in [0.29, 0.717) is 12.2 Å². The van der Waals surface area contributed by atoms with Crippen LogP contribution in [0.25, 0.3) is 0 Å². The summed E-state index contributed by atoms with van der Waals surface area (Å²) in [6, 6.07) is 2.02. The minimum atomic E-state index is -0.0824. The Morgan fingerprint density at radius 1 is 1.44 bits per heavy atom. The molecule has 0 spiro atoms. The molecule has 0 bridgehead atoms. The molecular formula is C14H19NO2S. The minimum Gasteiger partial charge on any atom is -0.384 e. The zero-order valence-electron chi connectivity index (χ0n) is 10.8. The second kappa shape index (κ2) is 6.35. The molecule has 0 aromatic carbocycles. The number of hydrogen-bond donors (Lipinski definition) is 1. The Morgan fingerprint density at radius 2 is 2.17 bits per heavy atom. The number of aliphatic hydroxyl groups is 1. The number of hydrogen-bond acceptors (Lipinski definition) is 4. The van der Waals surface area contributed by atoms with Crippen molar-refractivity contribution in [2.45, 2.75) is 32.6 Å². The van der Waals surface area contributed by atoms with Gasteiger partial charge < -0.3 is 9.84 Å². The van der Waals surface area contributed by atoms with Gasteiger partial charge >= 0.3 is 0 Å². The third-order valence-electron chi connectivity index (χ3n) is 2.91. The van der Waals surface area contributed by atoms with Crippen molar-refractivity contribution in [2.24, 2.45) is 0 Å². The normalized spacial score (nSPS) is 24.6. The second-order valence-corrected chi connectivity index (χ2v) is 5.67. The van der Waals surface area contributed by atoms with E-state index in [1.165, 1.54) is 4.88 Å². The fraction of sp³-hybridized carbons (Fsp3) is 0.571. The van der Waals surface area contributed by atoms with E-state index >= 15 is 0 Å². The lowest BCUT2D eigenvalue weighted by Crippen LogP contribution is -2.44. The van der Waals surface area contributed by atoms with Crippen molar-refractivity contribution in [2.75, 3.05) is 19.7 Å². The van der Waals surface area contributed by atoms with E-state index in [1.807, 2.05) is 6.07 Å². The molecule has 98 valence electrons. The zero-order chi connectivity index (χ0) is 13.0. The summed E-state index contributed by atoms with van der Waals surface area (Å²) in [5, 5.41) is 10.8. The fourth-order valence-electron chi connectivity index (χ4n) is 2.33. The summed E-state index contributed by atoms with van der Waals surface area (Å²) in [6.45, 7) is 7.00. The molecule has 0 radical (unpaired) electrons. The van der Waals surface area contributed by atoms with E-state index in [0.717, 1.165) is 25.2 Å². The summed E-state index contributed by atoms with van der Waals surface area (Å²) < 4.78 is 5.73. The molecule has 0 amide bonds. The average molecular weight is 265 g/mol. The predicted molar refractivity (Wildman–Crippen MR) is 73.6 cm³/mol. The van der Waals surface area contributed by atoms with E-state index < -0.39 is 0 Å². The van der Waals surface area contributed by atoms with Crippen molar-refractivity contribution in [3.05, 3.63) is 21.9 Å². The lowest BCUT2D eigenvalue weighted by atomic mass is 10.2. The number of thiophene rings is 1. The summed E-state index contributed by atoms with van der Waals surface area (Å²) in [6.07, 6.45) is 0.585. The lowest BCUT2D eigenvalue weighted by Gasteiger charge is -2.35. The lowest BCUT2D eigenvalue weighted by molar-refractivity contribution is -0.0702. The molecule has 1 fully saturated rings. The van der Waals surface area contributed by atoms with Gasteiger partial charge in [-0.15, -0.1) is 11.3 Å². The second-order valence-electron chi connectivity index (χ2n) is 4.67. The van der Waals surface area contributed by atoms with Gasteiger partial charge in [0.1, 0.15) is 6.61 Å².